The van der Waals surface area contributed by atoms with E-state index in [1.807, 2.05) is 48.5 Å². The minimum absolute atomic E-state index is 0.849. The number of terminal acetylenes is 1. The molecule has 78 valence electrons. The molecular weight excluding hydrogens is 196 g/mol. The third-order valence-corrected chi connectivity index (χ3v) is 2.48. The first-order valence-corrected chi connectivity index (χ1v) is 5.05. The molecule has 2 rings (SSSR count). The summed E-state index contributed by atoms with van der Waals surface area (Å²) in [6.45, 7) is 0. The highest BCUT2D eigenvalue weighted by Crippen LogP contribution is 2.24. The molecule has 0 atom stereocenters. The Bertz CT molecular complexity index is 518. The third-order valence-electron chi connectivity index (χ3n) is 2.48. The molecular formula is C15H12O. The van der Waals surface area contributed by atoms with Crippen molar-refractivity contribution in [2.75, 3.05) is 7.11 Å². The molecule has 0 aromatic heterocycles. The van der Waals surface area contributed by atoms with Crippen molar-refractivity contribution in [1.29, 1.82) is 0 Å². The fourth-order valence-electron chi connectivity index (χ4n) is 1.63. The predicted molar refractivity (Wildman–Crippen MR) is 66.4 cm³/mol. The summed E-state index contributed by atoms with van der Waals surface area (Å²) in [7, 11) is 1.66. The van der Waals surface area contributed by atoms with Crippen LogP contribution in [0.4, 0.5) is 0 Å². The lowest BCUT2D eigenvalue weighted by molar-refractivity contribution is 0.415. The van der Waals surface area contributed by atoms with E-state index < -0.39 is 0 Å². The van der Waals surface area contributed by atoms with E-state index >= 15 is 0 Å². The van der Waals surface area contributed by atoms with Crippen LogP contribution in [0.5, 0.6) is 5.75 Å². The van der Waals surface area contributed by atoms with Crippen molar-refractivity contribution in [1.82, 2.24) is 0 Å². The molecule has 16 heavy (non-hydrogen) atoms. The second-order valence-electron chi connectivity index (χ2n) is 3.42. The molecule has 0 N–H and O–H groups in total. The number of rotatable bonds is 2. The molecule has 0 saturated carbocycles. The number of benzene rings is 2. The summed E-state index contributed by atoms with van der Waals surface area (Å²) in [6, 6.07) is 15.8. The van der Waals surface area contributed by atoms with Crippen LogP contribution in [0.15, 0.2) is 48.5 Å². The average molecular weight is 208 g/mol. The van der Waals surface area contributed by atoms with E-state index in [1.165, 1.54) is 0 Å². The van der Waals surface area contributed by atoms with Gasteiger partial charge in [0.25, 0.3) is 0 Å². The number of hydrogen-bond acceptors (Lipinski definition) is 1. The molecule has 0 aliphatic carbocycles. The zero-order chi connectivity index (χ0) is 11.4. The summed E-state index contributed by atoms with van der Waals surface area (Å²) in [5.41, 5.74) is 3.09. The van der Waals surface area contributed by atoms with Gasteiger partial charge in [0.1, 0.15) is 5.75 Å². The summed E-state index contributed by atoms with van der Waals surface area (Å²) in [4.78, 5) is 0. The maximum Gasteiger partial charge on any atom is 0.118 e. The van der Waals surface area contributed by atoms with Gasteiger partial charge < -0.3 is 4.74 Å². The molecule has 0 aliphatic rings. The van der Waals surface area contributed by atoms with Crippen molar-refractivity contribution in [3.05, 3.63) is 54.1 Å². The van der Waals surface area contributed by atoms with Crippen LogP contribution in [0.1, 0.15) is 5.56 Å². The van der Waals surface area contributed by atoms with E-state index in [0.717, 1.165) is 22.4 Å². The Morgan fingerprint density at radius 2 is 1.69 bits per heavy atom. The molecule has 0 spiro atoms. The van der Waals surface area contributed by atoms with Crippen molar-refractivity contribution in [2.24, 2.45) is 0 Å². The molecule has 0 heterocycles. The van der Waals surface area contributed by atoms with Gasteiger partial charge in [0.2, 0.25) is 0 Å². The van der Waals surface area contributed by atoms with Crippen molar-refractivity contribution in [3.63, 3.8) is 0 Å². The first-order chi connectivity index (χ1) is 7.85. The van der Waals surface area contributed by atoms with Gasteiger partial charge in [-0.05, 0) is 29.3 Å². The van der Waals surface area contributed by atoms with Gasteiger partial charge >= 0.3 is 0 Å². The molecule has 2 aromatic carbocycles. The summed E-state index contributed by atoms with van der Waals surface area (Å²) in [5, 5.41) is 0. The minimum atomic E-state index is 0.849. The van der Waals surface area contributed by atoms with Gasteiger partial charge in [-0.25, -0.2) is 0 Å². The standard InChI is InChI=1S/C15H12O/c1-3-12-6-4-5-7-15(12)13-8-10-14(16-2)11-9-13/h1,4-11H,2H3. The largest absolute Gasteiger partial charge is 0.497 e. The lowest BCUT2D eigenvalue weighted by Gasteiger charge is -2.05. The number of hydrogen-bond donors (Lipinski definition) is 0. The highest BCUT2D eigenvalue weighted by atomic mass is 16.5. The van der Waals surface area contributed by atoms with Crippen LogP contribution in [0.2, 0.25) is 0 Å². The van der Waals surface area contributed by atoms with Gasteiger partial charge in [0.15, 0.2) is 0 Å². The highest BCUT2D eigenvalue weighted by molar-refractivity contribution is 5.71. The van der Waals surface area contributed by atoms with Gasteiger partial charge in [0.05, 0.1) is 7.11 Å². The molecule has 0 fully saturated rings. The topological polar surface area (TPSA) is 9.23 Å². The quantitative estimate of drug-likeness (QED) is 0.688. The second-order valence-corrected chi connectivity index (χ2v) is 3.42. The average Bonchev–Trinajstić information content (AvgIpc) is 2.39. The monoisotopic (exact) mass is 208 g/mol. The summed E-state index contributed by atoms with van der Waals surface area (Å²) in [5.74, 6) is 3.54. The van der Waals surface area contributed by atoms with Gasteiger partial charge in [-0.1, -0.05) is 36.3 Å². The van der Waals surface area contributed by atoms with E-state index in [-0.39, 0.29) is 0 Å². The van der Waals surface area contributed by atoms with Gasteiger partial charge in [-0.3, -0.25) is 0 Å². The molecule has 0 saturated heterocycles. The van der Waals surface area contributed by atoms with E-state index in [0.29, 0.717) is 0 Å². The van der Waals surface area contributed by atoms with E-state index in [4.69, 9.17) is 11.2 Å². The molecule has 2 aromatic rings. The Morgan fingerprint density at radius 3 is 2.31 bits per heavy atom. The molecule has 0 bridgehead atoms. The van der Waals surface area contributed by atoms with Crippen LogP contribution in [-0.2, 0) is 0 Å². The maximum atomic E-state index is 5.47. The van der Waals surface area contributed by atoms with Crippen molar-refractivity contribution in [2.45, 2.75) is 0 Å². The van der Waals surface area contributed by atoms with Gasteiger partial charge in [-0.2, -0.15) is 0 Å². The van der Waals surface area contributed by atoms with Crippen LogP contribution < -0.4 is 4.74 Å². The zero-order valence-electron chi connectivity index (χ0n) is 9.10. The lowest BCUT2D eigenvalue weighted by Crippen LogP contribution is -1.85. The van der Waals surface area contributed by atoms with Crippen LogP contribution in [0.25, 0.3) is 11.1 Å². The Balaban J connectivity index is 2.47. The van der Waals surface area contributed by atoms with Crippen molar-refractivity contribution < 1.29 is 4.74 Å². The number of methoxy groups -OCH3 is 1. The summed E-state index contributed by atoms with van der Waals surface area (Å²) >= 11 is 0. The minimum Gasteiger partial charge on any atom is -0.497 e. The summed E-state index contributed by atoms with van der Waals surface area (Å²) in [6.07, 6.45) is 5.47. The fourth-order valence-corrected chi connectivity index (χ4v) is 1.63. The molecule has 0 aliphatic heterocycles. The van der Waals surface area contributed by atoms with Crippen LogP contribution in [0.3, 0.4) is 0 Å². The van der Waals surface area contributed by atoms with Crippen LogP contribution in [-0.4, -0.2) is 7.11 Å². The van der Waals surface area contributed by atoms with Crippen LogP contribution in [0, 0.1) is 12.3 Å². The van der Waals surface area contributed by atoms with E-state index in [2.05, 4.69) is 5.92 Å². The Morgan fingerprint density at radius 1 is 1.00 bits per heavy atom. The first kappa shape index (κ1) is 10.3. The maximum absolute atomic E-state index is 5.47. The smallest absolute Gasteiger partial charge is 0.118 e. The van der Waals surface area contributed by atoms with Crippen LogP contribution >= 0.6 is 0 Å². The van der Waals surface area contributed by atoms with E-state index in [9.17, 15) is 0 Å². The third kappa shape index (κ3) is 1.92. The molecule has 1 heteroatoms. The first-order valence-electron chi connectivity index (χ1n) is 5.05. The Hall–Kier alpha value is -2.20. The lowest BCUT2D eigenvalue weighted by atomic mass is 10.0. The molecule has 0 radical (unpaired) electrons. The van der Waals surface area contributed by atoms with Gasteiger partial charge in [0, 0.05) is 5.56 Å². The molecule has 0 unspecified atom stereocenters. The molecule has 1 nitrogen and oxygen atoms in total. The van der Waals surface area contributed by atoms with E-state index in [1.54, 1.807) is 7.11 Å². The normalized spacial score (nSPS) is 9.50. The Labute approximate surface area is 95.7 Å². The highest BCUT2D eigenvalue weighted by Gasteiger charge is 2.02. The van der Waals surface area contributed by atoms with Gasteiger partial charge in [-0.15, -0.1) is 6.42 Å². The van der Waals surface area contributed by atoms with Crippen molar-refractivity contribution >= 4 is 0 Å². The van der Waals surface area contributed by atoms with Crippen molar-refractivity contribution in [3.8, 4) is 29.2 Å². The fraction of sp³-hybridized carbons (Fsp3) is 0.0667. The number of ether oxygens (including phenoxy) is 1. The zero-order valence-corrected chi connectivity index (χ0v) is 9.10. The Kier molecular flexibility index (Phi) is 2.93. The predicted octanol–water partition coefficient (Wildman–Crippen LogP) is 3.34. The summed E-state index contributed by atoms with van der Waals surface area (Å²) < 4.78 is 5.12. The molecule has 0 amide bonds. The second kappa shape index (κ2) is 4.55. The SMILES string of the molecule is C#Cc1ccccc1-c1ccc(OC)cc1.